The molecule has 1 aromatic carbocycles. The van der Waals surface area contributed by atoms with Gasteiger partial charge in [-0.2, -0.15) is 5.26 Å². The van der Waals surface area contributed by atoms with Gasteiger partial charge in [-0.15, -0.1) is 0 Å². The molecule has 3 aliphatic rings. The standard InChI is InChI=1S/C24H29N5O5/c25-10-4-14-34-24(33)29-13-9-19-18(15-29)21(30)20(23(32)27-19)22(31)26-16-5-7-17(8-6-16)28-11-2-1-3-12-28/h5-8,18-20H,1-4,9,11-15H2,(H,26,31)(H,27,32)/t18-,19-,20?/m0/s1. The Kier molecular flexibility index (Phi) is 7.30. The largest absolute Gasteiger partial charge is 0.448 e. The van der Waals surface area contributed by atoms with Crippen LogP contribution in [0.4, 0.5) is 16.2 Å². The summed E-state index contributed by atoms with van der Waals surface area (Å²) in [7, 11) is 0. The van der Waals surface area contributed by atoms with Crippen molar-refractivity contribution in [3.05, 3.63) is 24.3 Å². The number of hydrogen-bond acceptors (Lipinski definition) is 7. The fourth-order valence-corrected chi connectivity index (χ4v) is 4.83. The summed E-state index contributed by atoms with van der Waals surface area (Å²) in [5, 5.41) is 14.1. The van der Waals surface area contributed by atoms with E-state index in [9.17, 15) is 19.2 Å². The van der Waals surface area contributed by atoms with E-state index in [1.54, 1.807) is 12.1 Å². The Morgan fingerprint density at radius 1 is 1.12 bits per heavy atom. The van der Waals surface area contributed by atoms with Gasteiger partial charge in [-0.25, -0.2) is 4.79 Å². The van der Waals surface area contributed by atoms with Gasteiger partial charge in [-0.3, -0.25) is 14.4 Å². The molecule has 2 N–H and O–H groups in total. The van der Waals surface area contributed by atoms with Crippen LogP contribution in [0.5, 0.6) is 0 Å². The molecule has 1 unspecified atom stereocenters. The van der Waals surface area contributed by atoms with E-state index in [0.717, 1.165) is 31.6 Å². The maximum Gasteiger partial charge on any atom is 0.409 e. The Morgan fingerprint density at radius 3 is 2.56 bits per heavy atom. The number of amides is 3. The molecular weight excluding hydrogens is 438 g/mol. The lowest BCUT2D eigenvalue weighted by atomic mass is 9.78. The van der Waals surface area contributed by atoms with Crippen LogP contribution in [0.3, 0.4) is 0 Å². The number of Topliss-reactive ketones (excluding diaryl/α,β-unsaturated/α-hetero) is 1. The molecule has 3 heterocycles. The third kappa shape index (κ3) is 5.14. The third-order valence-electron chi connectivity index (χ3n) is 6.67. The molecule has 3 saturated heterocycles. The van der Waals surface area contributed by atoms with Gasteiger partial charge in [-0.1, -0.05) is 0 Å². The van der Waals surface area contributed by atoms with E-state index in [4.69, 9.17) is 10.00 Å². The lowest BCUT2D eigenvalue weighted by Gasteiger charge is -2.41. The number of nitrogens with one attached hydrogen (secondary N) is 2. The first-order valence-corrected chi connectivity index (χ1v) is 11.8. The van der Waals surface area contributed by atoms with Crippen LogP contribution in [-0.4, -0.2) is 67.4 Å². The summed E-state index contributed by atoms with van der Waals surface area (Å²) in [5.74, 6) is -3.95. The van der Waals surface area contributed by atoms with Gasteiger partial charge >= 0.3 is 6.09 Å². The van der Waals surface area contributed by atoms with E-state index >= 15 is 0 Å². The molecule has 3 fully saturated rings. The summed E-state index contributed by atoms with van der Waals surface area (Å²) in [6, 6.07) is 8.88. The number of benzene rings is 1. The average Bonchev–Trinajstić information content (AvgIpc) is 2.85. The molecule has 4 rings (SSSR count). The first-order valence-electron chi connectivity index (χ1n) is 11.8. The number of rotatable bonds is 5. The first-order chi connectivity index (χ1) is 16.5. The lowest BCUT2D eigenvalue weighted by Crippen LogP contribution is -2.63. The Labute approximate surface area is 198 Å². The zero-order valence-electron chi connectivity index (χ0n) is 19.0. The number of ketones is 1. The summed E-state index contributed by atoms with van der Waals surface area (Å²) < 4.78 is 5.05. The number of anilines is 2. The number of nitriles is 1. The van der Waals surface area contributed by atoms with Crippen LogP contribution in [-0.2, 0) is 19.1 Å². The summed E-state index contributed by atoms with van der Waals surface area (Å²) >= 11 is 0. The van der Waals surface area contributed by atoms with Crippen molar-refractivity contribution in [2.45, 2.75) is 38.1 Å². The van der Waals surface area contributed by atoms with Gasteiger partial charge in [0.15, 0.2) is 11.7 Å². The van der Waals surface area contributed by atoms with Gasteiger partial charge < -0.3 is 25.2 Å². The number of ether oxygens (including phenoxy) is 1. The second kappa shape index (κ2) is 10.5. The smallest absolute Gasteiger partial charge is 0.409 e. The number of carbonyl (C=O) groups excluding carboxylic acids is 4. The van der Waals surface area contributed by atoms with Crippen LogP contribution in [0.2, 0.25) is 0 Å². The Hall–Kier alpha value is -3.61. The Morgan fingerprint density at radius 2 is 1.85 bits per heavy atom. The minimum atomic E-state index is -1.47. The van der Waals surface area contributed by atoms with E-state index in [1.807, 2.05) is 18.2 Å². The molecule has 0 aromatic heterocycles. The molecule has 0 saturated carbocycles. The Balaban J connectivity index is 1.38. The second-order valence-corrected chi connectivity index (χ2v) is 8.90. The van der Waals surface area contributed by atoms with Crippen molar-refractivity contribution in [2.75, 3.05) is 43.0 Å². The van der Waals surface area contributed by atoms with Gasteiger partial charge in [0.2, 0.25) is 11.8 Å². The number of hydrogen-bond donors (Lipinski definition) is 2. The Bertz CT molecular complexity index is 982. The molecule has 0 aliphatic carbocycles. The van der Waals surface area contributed by atoms with Crippen LogP contribution in [0.1, 0.15) is 32.1 Å². The van der Waals surface area contributed by atoms with E-state index in [2.05, 4.69) is 15.5 Å². The quantitative estimate of drug-likeness (QED) is 0.497. The van der Waals surface area contributed by atoms with Crippen LogP contribution in [0.15, 0.2) is 24.3 Å². The number of piperidine rings is 3. The highest BCUT2D eigenvalue weighted by Crippen LogP contribution is 2.28. The first kappa shape index (κ1) is 23.5. The van der Waals surface area contributed by atoms with E-state index in [-0.39, 0.29) is 19.6 Å². The van der Waals surface area contributed by atoms with E-state index in [0.29, 0.717) is 18.7 Å². The highest BCUT2D eigenvalue weighted by atomic mass is 16.6. The molecule has 0 spiro atoms. The monoisotopic (exact) mass is 467 g/mol. The van der Waals surface area contributed by atoms with Crippen molar-refractivity contribution in [3.63, 3.8) is 0 Å². The minimum absolute atomic E-state index is 0.0216. The van der Waals surface area contributed by atoms with Crippen molar-refractivity contribution in [1.82, 2.24) is 10.2 Å². The molecule has 180 valence electrons. The van der Waals surface area contributed by atoms with Gasteiger partial charge in [0, 0.05) is 43.6 Å². The summed E-state index contributed by atoms with van der Waals surface area (Å²) in [6.45, 7) is 2.37. The predicted molar refractivity (Wildman–Crippen MR) is 123 cm³/mol. The summed E-state index contributed by atoms with van der Waals surface area (Å²) in [4.78, 5) is 54.6. The van der Waals surface area contributed by atoms with E-state index in [1.165, 1.54) is 11.3 Å². The molecule has 3 amide bonds. The van der Waals surface area contributed by atoms with E-state index < -0.39 is 41.6 Å². The zero-order chi connectivity index (χ0) is 24.1. The summed E-state index contributed by atoms with van der Waals surface area (Å²) in [6.07, 6.45) is 3.44. The van der Waals surface area contributed by atoms with Crippen molar-refractivity contribution in [2.24, 2.45) is 11.8 Å². The SMILES string of the molecule is N#CCCOC(=O)N1CC[C@@H]2NC(=O)C(C(=O)Nc3ccc(N4CCCCC4)cc3)C(=O)[C@H]2C1. The van der Waals surface area contributed by atoms with Crippen molar-refractivity contribution < 1.29 is 23.9 Å². The molecule has 3 atom stereocenters. The van der Waals surface area contributed by atoms with Gasteiger partial charge in [0.1, 0.15) is 6.61 Å². The summed E-state index contributed by atoms with van der Waals surface area (Å²) in [5.41, 5.74) is 1.59. The maximum atomic E-state index is 13.1. The molecule has 10 nitrogen and oxygen atoms in total. The molecule has 3 aliphatic heterocycles. The fraction of sp³-hybridized carbons (Fsp3) is 0.542. The predicted octanol–water partition coefficient (Wildman–Crippen LogP) is 1.67. The number of likely N-dealkylation sites (tertiary alicyclic amines) is 1. The average molecular weight is 468 g/mol. The lowest BCUT2D eigenvalue weighted by molar-refractivity contribution is -0.147. The third-order valence-corrected chi connectivity index (χ3v) is 6.67. The van der Waals surface area contributed by atoms with Crippen molar-refractivity contribution in [1.29, 1.82) is 5.26 Å². The van der Waals surface area contributed by atoms with Gasteiger partial charge in [0.05, 0.1) is 18.4 Å². The molecule has 1 aromatic rings. The van der Waals surface area contributed by atoms with Gasteiger partial charge in [0.25, 0.3) is 0 Å². The molecule has 34 heavy (non-hydrogen) atoms. The molecule has 10 heteroatoms. The molecule has 0 radical (unpaired) electrons. The molecule has 0 bridgehead atoms. The highest BCUT2D eigenvalue weighted by Gasteiger charge is 2.49. The zero-order valence-corrected chi connectivity index (χ0v) is 19.0. The normalized spacial score (nSPS) is 24.5. The van der Waals surface area contributed by atoms with Gasteiger partial charge in [-0.05, 0) is 49.9 Å². The van der Waals surface area contributed by atoms with Crippen LogP contribution >= 0.6 is 0 Å². The highest BCUT2D eigenvalue weighted by molar-refractivity contribution is 6.23. The minimum Gasteiger partial charge on any atom is -0.448 e. The fourth-order valence-electron chi connectivity index (χ4n) is 4.83. The topological polar surface area (TPSA) is 132 Å². The second-order valence-electron chi connectivity index (χ2n) is 8.90. The van der Waals surface area contributed by atoms with Crippen LogP contribution < -0.4 is 15.5 Å². The van der Waals surface area contributed by atoms with Crippen LogP contribution in [0, 0.1) is 23.2 Å². The number of nitrogens with zero attached hydrogens (tertiary/aromatic N) is 3. The van der Waals surface area contributed by atoms with Crippen LogP contribution in [0.25, 0.3) is 0 Å². The molecular formula is C24H29N5O5. The maximum absolute atomic E-state index is 13.1. The van der Waals surface area contributed by atoms with Crippen molar-refractivity contribution in [3.8, 4) is 6.07 Å². The number of fused-ring (bicyclic) bond motifs is 1. The number of carbonyl (C=O) groups is 4. The van der Waals surface area contributed by atoms with Crippen molar-refractivity contribution >= 4 is 35.1 Å².